The minimum absolute atomic E-state index is 0.0134. The van der Waals surface area contributed by atoms with Gasteiger partial charge in [0.05, 0.1) is 11.9 Å². The van der Waals surface area contributed by atoms with Crippen molar-refractivity contribution in [2.45, 2.75) is 37.7 Å². The lowest BCUT2D eigenvalue weighted by Crippen LogP contribution is -2.36. The molecular weight excluding hydrogens is 288 g/mol. The van der Waals surface area contributed by atoms with Crippen molar-refractivity contribution in [3.05, 3.63) is 35.4 Å². The highest BCUT2D eigenvalue weighted by Crippen LogP contribution is 2.13. The Morgan fingerprint density at radius 3 is 2.52 bits per heavy atom. The van der Waals surface area contributed by atoms with Crippen molar-refractivity contribution in [3.8, 4) is 0 Å². The first-order valence-corrected chi connectivity index (χ1v) is 9.05. The molecule has 1 fully saturated rings. The van der Waals surface area contributed by atoms with Crippen molar-refractivity contribution in [2.24, 2.45) is 0 Å². The van der Waals surface area contributed by atoms with Gasteiger partial charge in [-0.1, -0.05) is 24.3 Å². The summed E-state index contributed by atoms with van der Waals surface area (Å²) >= 11 is 0. The van der Waals surface area contributed by atoms with E-state index in [1.165, 1.54) is 0 Å². The summed E-state index contributed by atoms with van der Waals surface area (Å²) in [5.41, 5.74) is 1.94. The molecule has 2 N–H and O–H groups in total. The summed E-state index contributed by atoms with van der Waals surface area (Å²) in [6.45, 7) is 1.89. The van der Waals surface area contributed by atoms with Crippen LogP contribution in [0.2, 0.25) is 0 Å². The third kappa shape index (κ3) is 5.74. The van der Waals surface area contributed by atoms with E-state index in [0.717, 1.165) is 43.5 Å². The highest BCUT2D eigenvalue weighted by Gasteiger charge is 2.18. The van der Waals surface area contributed by atoms with Gasteiger partial charge in [0.1, 0.15) is 0 Å². The first kappa shape index (κ1) is 16.4. The normalized spacial score (nSPS) is 19.6. The fourth-order valence-electron chi connectivity index (χ4n) is 2.42. The summed E-state index contributed by atoms with van der Waals surface area (Å²) in [6.07, 6.45) is 3.13. The number of nitrogens with one attached hydrogen (secondary N) is 2. The molecule has 21 heavy (non-hydrogen) atoms. The fourth-order valence-corrected chi connectivity index (χ4v) is 3.59. The molecule has 1 aromatic carbocycles. The summed E-state index contributed by atoms with van der Waals surface area (Å²) in [6, 6.07) is 7.63. The Bertz CT molecular complexity index is 522. The topological polar surface area (TPSA) is 67.4 Å². The van der Waals surface area contributed by atoms with E-state index in [9.17, 15) is 8.42 Å². The van der Waals surface area contributed by atoms with Crippen LogP contribution in [0, 0.1) is 0 Å². The van der Waals surface area contributed by atoms with Crippen molar-refractivity contribution >= 4 is 10.0 Å². The van der Waals surface area contributed by atoms with Gasteiger partial charge in [-0.05, 0) is 37.4 Å². The van der Waals surface area contributed by atoms with Gasteiger partial charge in [0.2, 0.25) is 10.0 Å². The predicted molar refractivity (Wildman–Crippen MR) is 83.4 cm³/mol. The zero-order valence-corrected chi connectivity index (χ0v) is 13.3. The second kappa shape index (κ2) is 7.89. The predicted octanol–water partition coefficient (Wildman–Crippen LogP) is 1.39. The smallest absolute Gasteiger partial charge is 0.215 e. The third-order valence-corrected chi connectivity index (χ3v) is 4.89. The maximum atomic E-state index is 12.1. The Kier molecular flexibility index (Phi) is 6.17. The van der Waals surface area contributed by atoms with Crippen molar-refractivity contribution < 1.29 is 13.2 Å². The van der Waals surface area contributed by atoms with Gasteiger partial charge in [-0.25, -0.2) is 13.1 Å². The molecule has 0 radical (unpaired) electrons. The van der Waals surface area contributed by atoms with Gasteiger partial charge in [0, 0.05) is 19.7 Å². The van der Waals surface area contributed by atoms with Crippen LogP contribution in [0.1, 0.15) is 30.4 Å². The standard InChI is InChI=1S/C15H24N2O3S/c1-16-10-13-5-7-14(8-6-13)12-21(18,19)17-11-15-4-2-3-9-20-15/h5-8,15-17H,2-4,9-12H2,1H3. The van der Waals surface area contributed by atoms with E-state index in [2.05, 4.69) is 10.0 Å². The zero-order chi connectivity index (χ0) is 15.1. The molecular formula is C15H24N2O3S. The number of ether oxygens (including phenoxy) is 1. The van der Waals surface area contributed by atoms with Crippen LogP contribution in [0.3, 0.4) is 0 Å². The van der Waals surface area contributed by atoms with Crippen molar-refractivity contribution in [2.75, 3.05) is 20.2 Å². The molecule has 0 saturated carbocycles. The molecule has 1 aliphatic heterocycles. The van der Waals surface area contributed by atoms with Crippen LogP contribution in [0.25, 0.3) is 0 Å². The quantitative estimate of drug-likeness (QED) is 0.798. The monoisotopic (exact) mass is 312 g/mol. The number of hydrogen-bond donors (Lipinski definition) is 2. The molecule has 1 aliphatic rings. The summed E-state index contributed by atoms with van der Waals surface area (Å²) in [4.78, 5) is 0. The molecule has 5 nitrogen and oxygen atoms in total. The Morgan fingerprint density at radius 1 is 1.19 bits per heavy atom. The van der Waals surface area contributed by atoms with Gasteiger partial charge >= 0.3 is 0 Å². The van der Waals surface area contributed by atoms with E-state index in [0.29, 0.717) is 6.54 Å². The highest BCUT2D eigenvalue weighted by molar-refractivity contribution is 7.88. The lowest BCUT2D eigenvalue weighted by Gasteiger charge is -2.22. The largest absolute Gasteiger partial charge is 0.377 e. The molecule has 1 unspecified atom stereocenters. The van der Waals surface area contributed by atoms with Crippen LogP contribution < -0.4 is 10.0 Å². The average Bonchev–Trinajstić information content (AvgIpc) is 2.48. The van der Waals surface area contributed by atoms with Gasteiger partial charge < -0.3 is 10.1 Å². The van der Waals surface area contributed by atoms with Crippen molar-refractivity contribution in [3.63, 3.8) is 0 Å². The number of benzene rings is 1. The van der Waals surface area contributed by atoms with Gasteiger partial charge in [0.25, 0.3) is 0 Å². The minimum atomic E-state index is -3.30. The van der Waals surface area contributed by atoms with Gasteiger partial charge in [-0.15, -0.1) is 0 Å². The van der Waals surface area contributed by atoms with Gasteiger partial charge in [-0.3, -0.25) is 0 Å². The van der Waals surface area contributed by atoms with Crippen LogP contribution >= 0.6 is 0 Å². The fraction of sp³-hybridized carbons (Fsp3) is 0.600. The second-order valence-corrected chi connectivity index (χ2v) is 7.25. The molecule has 1 atom stereocenters. The van der Waals surface area contributed by atoms with Gasteiger partial charge in [0.15, 0.2) is 0 Å². The molecule has 0 bridgehead atoms. The molecule has 1 aromatic rings. The van der Waals surface area contributed by atoms with Crippen LogP contribution in [-0.4, -0.2) is 34.7 Å². The lowest BCUT2D eigenvalue weighted by molar-refractivity contribution is 0.0200. The maximum Gasteiger partial charge on any atom is 0.215 e. The van der Waals surface area contributed by atoms with E-state index < -0.39 is 10.0 Å². The van der Waals surface area contributed by atoms with Crippen LogP contribution in [0.5, 0.6) is 0 Å². The Labute approximate surface area is 127 Å². The molecule has 0 spiro atoms. The summed E-state index contributed by atoms with van der Waals surface area (Å²) in [5, 5.41) is 3.06. The summed E-state index contributed by atoms with van der Waals surface area (Å²) in [5.74, 6) is 0.0134. The first-order chi connectivity index (χ1) is 10.1. The summed E-state index contributed by atoms with van der Waals surface area (Å²) in [7, 11) is -1.42. The maximum absolute atomic E-state index is 12.1. The lowest BCUT2D eigenvalue weighted by atomic mass is 10.1. The molecule has 118 valence electrons. The number of sulfonamides is 1. The van der Waals surface area contributed by atoms with Gasteiger partial charge in [-0.2, -0.15) is 0 Å². The highest BCUT2D eigenvalue weighted by atomic mass is 32.2. The molecule has 6 heteroatoms. The molecule has 2 rings (SSSR count). The van der Waals surface area contributed by atoms with E-state index in [-0.39, 0.29) is 11.9 Å². The average molecular weight is 312 g/mol. The summed E-state index contributed by atoms with van der Waals surface area (Å²) < 4.78 is 32.3. The van der Waals surface area contributed by atoms with Crippen LogP contribution in [-0.2, 0) is 27.1 Å². The van der Waals surface area contributed by atoms with Crippen molar-refractivity contribution in [1.29, 1.82) is 0 Å². The molecule has 0 aromatic heterocycles. The molecule has 1 heterocycles. The minimum Gasteiger partial charge on any atom is -0.377 e. The molecule has 0 amide bonds. The van der Waals surface area contributed by atoms with Crippen LogP contribution in [0.15, 0.2) is 24.3 Å². The van der Waals surface area contributed by atoms with Crippen LogP contribution in [0.4, 0.5) is 0 Å². The second-order valence-electron chi connectivity index (χ2n) is 5.44. The Balaban J connectivity index is 1.84. The third-order valence-electron chi connectivity index (χ3n) is 3.57. The van der Waals surface area contributed by atoms with E-state index in [1.807, 2.05) is 31.3 Å². The number of rotatable bonds is 7. The first-order valence-electron chi connectivity index (χ1n) is 7.40. The SMILES string of the molecule is CNCc1ccc(CS(=O)(=O)NCC2CCCCO2)cc1. The zero-order valence-electron chi connectivity index (χ0n) is 12.5. The van der Waals surface area contributed by atoms with E-state index in [4.69, 9.17) is 4.74 Å². The molecule has 0 aliphatic carbocycles. The Hall–Kier alpha value is -0.950. The molecule has 1 saturated heterocycles. The Morgan fingerprint density at radius 2 is 1.90 bits per heavy atom. The van der Waals surface area contributed by atoms with E-state index >= 15 is 0 Å². The van der Waals surface area contributed by atoms with Crippen molar-refractivity contribution in [1.82, 2.24) is 10.0 Å². The number of hydrogen-bond acceptors (Lipinski definition) is 4. The van der Waals surface area contributed by atoms with E-state index in [1.54, 1.807) is 0 Å².